The Bertz CT molecular complexity index is 565. The first-order chi connectivity index (χ1) is 10.1. The number of nitrogens with zero attached hydrogens (tertiary/aromatic N) is 1. The van der Waals surface area contributed by atoms with E-state index in [9.17, 15) is 9.59 Å². The molecule has 0 spiro atoms. The van der Waals surface area contributed by atoms with Gasteiger partial charge in [-0.15, -0.1) is 0 Å². The Hall–Kier alpha value is -2.01. The molecule has 1 N–H and O–H groups in total. The summed E-state index contributed by atoms with van der Waals surface area (Å²) in [6.45, 7) is 1.54. The standard InChI is InChI=1S/C15H16ClNO4/c16-12-9-11(4-6-15(19)20)3-5-13(12)21-10-14(18)17-7-1-2-8-17/h3-6,9H,1-2,7-8,10H2,(H,19,20). The van der Waals surface area contributed by atoms with Crippen molar-refractivity contribution >= 4 is 29.6 Å². The molecule has 1 aliphatic heterocycles. The van der Waals surface area contributed by atoms with E-state index >= 15 is 0 Å². The Balaban J connectivity index is 1.94. The van der Waals surface area contributed by atoms with E-state index in [1.165, 1.54) is 6.08 Å². The van der Waals surface area contributed by atoms with Crippen LogP contribution in [0.2, 0.25) is 5.02 Å². The van der Waals surface area contributed by atoms with Crippen molar-refractivity contribution in [3.05, 3.63) is 34.9 Å². The van der Waals surface area contributed by atoms with E-state index in [0.717, 1.165) is 32.0 Å². The first-order valence-corrected chi connectivity index (χ1v) is 7.05. The zero-order valence-electron chi connectivity index (χ0n) is 11.4. The molecule has 0 unspecified atom stereocenters. The summed E-state index contributed by atoms with van der Waals surface area (Å²) in [5.41, 5.74) is 0.653. The summed E-state index contributed by atoms with van der Waals surface area (Å²) in [6.07, 6.45) is 4.55. The van der Waals surface area contributed by atoms with Crippen molar-refractivity contribution in [2.45, 2.75) is 12.8 Å². The molecule has 1 amide bonds. The molecule has 1 aromatic rings. The van der Waals surface area contributed by atoms with Gasteiger partial charge in [-0.05, 0) is 36.6 Å². The molecule has 0 radical (unpaired) electrons. The normalized spacial score (nSPS) is 14.6. The average Bonchev–Trinajstić information content (AvgIpc) is 2.98. The summed E-state index contributed by atoms with van der Waals surface area (Å²) in [5, 5.41) is 8.91. The van der Waals surface area contributed by atoms with Crippen LogP contribution in [0.15, 0.2) is 24.3 Å². The highest BCUT2D eigenvalue weighted by molar-refractivity contribution is 6.32. The van der Waals surface area contributed by atoms with Crippen LogP contribution in [0.3, 0.4) is 0 Å². The first kappa shape index (κ1) is 15.4. The van der Waals surface area contributed by atoms with Gasteiger partial charge < -0.3 is 14.7 Å². The maximum absolute atomic E-state index is 11.9. The molecule has 0 atom stereocenters. The number of amides is 1. The highest BCUT2D eigenvalue weighted by Crippen LogP contribution is 2.26. The fraction of sp³-hybridized carbons (Fsp3) is 0.333. The number of carboxylic acid groups (broad SMARTS) is 1. The van der Waals surface area contributed by atoms with Crippen molar-refractivity contribution in [1.82, 2.24) is 4.90 Å². The minimum Gasteiger partial charge on any atom is -0.482 e. The van der Waals surface area contributed by atoms with Gasteiger partial charge in [-0.1, -0.05) is 17.7 Å². The van der Waals surface area contributed by atoms with E-state index in [1.807, 2.05) is 0 Å². The number of hydrogen-bond acceptors (Lipinski definition) is 3. The third kappa shape index (κ3) is 4.49. The van der Waals surface area contributed by atoms with Crippen molar-refractivity contribution < 1.29 is 19.4 Å². The number of rotatable bonds is 5. The fourth-order valence-corrected chi connectivity index (χ4v) is 2.35. The number of aliphatic carboxylic acids is 1. The van der Waals surface area contributed by atoms with Gasteiger partial charge in [0.15, 0.2) is 6.61 Å². The lowest BCUT2D eigenvalue weighted by Crippen LogP contribution is -2.32. The SMILES string of the molecule is O=C(O)C=Cc1ccc(OCC(=O)N2CCCC2)c(Cl)c1. The molecule has 0 bridgehead atoms. The predicted molar refractivity (Wildman–Crippen MR) is 79.4 cm³/mol. The van der Waals surface area contributed by atoms with Gasteiger partial charge in [-0.3, -0.25) is 4.79 Å². The van der Waals surface area contributed by atoms with Crippen LogP contribution in [-0.4, -0.2) is 41.6 Å². The minimum absolute atomic E-state index is 0.0377. The van der Waals surface area contributed by atoms with Crippen LogP contribution in [0.1, 0.15) is 18.4 Å². The van der Waals surface area contributed by atoms with Crippen molar-refractivity contribution in [1.29, 1.82) is 0 Å². The van der Waals surface area contributed by atoms with Crippen LogP contribution >= 0.6 is 11.6 Å². The third-order valence-corrected chi connectivity index (χ3v) is 3.48. The predicted octanol–water partition coefficient (Wildman–Crippen LogP) is 2.44. The van der Waals surface area contributed by atoms with Crippen LogP contribution in [0.4, 0.5) is 0 Å². The molecule has 1 saturated heterocycles. The second kappa shape index (κ2) is 7.13. The molecule has 1 heterocycles. The first-order valence-electron chi connectivity index (χ1n) is 6.67. The molecule has 6 heteroatoms. The quantitative estimate of drug-likeness (QED) is 0.848. The topological polar surface area (TPSA) is 66.8 Å². The average molecular weight is 310 g/mol. The molecular formula is C15H16ClNO4. The van der Waals surface area contributed by atoms with E-state index in [4.69, 9.17) is 21.4 Å². The van der Waals surface area contributed by atoms with Gasteiger partial charge >= 0.3 is 5.97 Å². The van der Waals surface area contributed by atoms with E-state index < -0.39 is 5.97 Å². The Labute approximate surface area is 127 Å². The van der Waals surface area contributed by atoms with Gasteiger partial charge in [0.1, 0.15) is 5.75 Å². The maximum Gasteiger partial charge on any atom is 0.328 e. The molecule has 0 saturated carbocycles. The summed E-state index contributed by atoms with van der Waals surface area (Å²) in [5.74, 6) is -0.655. The second-order valence-corrected chi connectivity index (χ2v) is 5.15. The van der Waals surface area contributed by atoms with E-state index in [2.05, 4.69) is 0 Å². The Morgan fingerprint density at radius 2 is 2.05 bits per heavy atom. The van der Waals surface area contributed by atoms with Crippen LogP contribution < -0.4 is 4.74 Å². The van der Waals surface area contributed by atoms with Crippen LogP contribution in [0, 0.1) is 0 Å². The van der Waals surface area contributed by atoms with E-state index in [-0.39, 0.29) is 12.5 Å². The minimum atomic E-state index is -1.03. The van der Waals surface area contributed by atoms with Gasteiger partial charge in [0.05, 0.1) is 5.02 Å². The molecule has 1 aromatic carbocycles. The lowest BCUT2D eigenvalue weighted by Gasteiger charge is -2.16. The highest BCUT2D eigenvalue weighted by atomic mass is 35.5. The van der Waals surface area contributed by atoms with E-state index in [1.54, 1.807) is 23.1 Å². The third-order valence-electron chi connectivity index (χ3n) is 3.18. The Morgan fingerprint density at radius 3 is 2.67 bits per heavy atom. The smallest absolute Gasteiger partial charge is 0.328 e. The van der Waals surface area contributed by atoms with E-state index in [0.29, 0.717) is 16.3 Å². The van der Waals surface area contributed by atoms with Crippen LogP contribution in [0.5, 0.6) is 5.75 Å². The van der Waals surface area contributed by atoms with Gasteiger partial charge in [-0.25, -0.2) is 4.79 Å². The van der Waals surface area contributed by atoms with Crippen molar-refractivity contribution in [2.24, 2.45) is 0 Å². The molecule has 1 aliphatic rings. The Morgan fingerprint density at radius 1 is 1.33 bits per heavy atom. The lowest BCUT2D eigenvalue weighted by atomic mass is 10.2. The zero-order valence-corrected chi connectivity index (χ0v) is 12.2. The summed E-state index contributed by atoms with van der Waals surface area (Å²) in [4.78, 5) is 24.1. The molecule has 5 nitrogen and oxygen atoms in total. The highest BCUT2D eigenvalue weighted by Gasteiger charge is 2.18. The number of carbonyl (C=O) groups excluding carboxylic acids is 1. The number of likely N-dealkylation sites (tertiary alicyclic amines) is 1. The number of carbonyl (C=O) groups is 2. The maximum atomic E-state index is 11.9. The number of carboxylic acids is 1. The summed E-state index contributed by atoms with van der Waals surface area (Å²) in [6, 6.07) is 4.90. The molecular weight excluding hydrogens is 294 g/mol. The molecule has 2 rings (SSSR count). The van der Waals surface area contributed by atoms with Gasteiger partial charge in [0, 0.05) is 19.2 Å². The van der Waals surface area contributed by atoms with Crippen molar-refractivity contribution in [3.8, 4) is 5.75 Å². The van der Waals surface area contributed by atoms with Crippen LogP contribution in [-0.2, 0) is 9.59 Å². The largest absolute Gasteiger partial charge is 0.482 e. The van der Waals surface area contributed by atoms with Gasteiger partial charge in [0.2, 0.25) is 0 Å². The number of ether oxygens (including phenoxy) is 1. The monoisotopic (exact) mass is 309 g/mol. The molecule has 1 fully saturated rings. The van der Waals surface area contributed by atoms with Crippen molar-refractivity contribution in [3.63, 3.8) is 0 Å². The fourth-order valence-electron chi connectivity index (χ4n) is 2.10. The second-order valence-electron chi connectivity index (χ2n) is 4.74. The van der Waals surface area contributed by atoms with Crippen molar-refractivity contribution in [2.75, 3.05) is 19.7 Å². The lowest BCUT2D eigenvalue weighted by molar-refractivity contribution is -0.132. The summed E-state index contributed by atoms with van der Waals surface area (Å²) in [7, 11) is 0. The molecule has 112 valence electrons. The summed E-state index contributed by atoms with van der Waals surface area (Å²) < 4.78 is 5.43. The molecule has 21 heavy (non-hydrogen) atoms. The van der Waals surface area contributed by atoms with Crippen LogP contribution in [0.25, 0.3) is 6.08 Å². The zero-order chi connectivity index (χ0) is 15.2. The number of benzene rings is 1. The Kier molecular flexibility index (Phi) is 5.22. The molecule has 0 aromatic heterocycles. The summed E-state index contributed by atoms with van der Waals surface area (Å²) >= 11 is 6.06. The van der Waals surface area contributed by atoms with Gasteiger partial charge in [-0.2, -0.15) is 0 Å². The number of halogens is 1. The number of hydrogen-bond donors (Lipinski definition) is 1. The van der Waals surface area contributed by atoms with Gasteiger partial charge in [0.25, 0.3) is 5.91 Å². The molecule has 0 aliphatic carbocycles.